The molecule has 21 heavy (non-hydrogen) atoms. The molecule has 3 rings (SSSR count). The molecule has 0 aliphatic carbocycles. The van der Waals surface area contributed by atoms with Crippen LogP contribution in [0.15, 0.2) is 18.2 Å². The molecule has 0 spiro atoms. The van der Waals surface area contributed by atoms with Crippen molar-refractivity contribution in [3.05, 3.63) is 29.3 Å². The van der Waals surface area contributed by atoms with Crippen molar-refractivity contribution in [2.24, 2.45) is 0 Å². The van der Waals surface area contributed by atoms with Crippen LogP contribution >= 0.6 is 0 Å². The zero-order valence-electron chi connectivity index (χ0n) is 12.3. The van der Waals surface area contributed by atoms with Crippen LogP contribution in [0.4, 0.5) is 5.69 Å². The molecule has 2 N–H and O–H groups in total. The van der Waals surface area contributed by atoms with Crippen molar-refractivity contribution in [2.75, 3.05) is 25.5 Å². The van der Waals surface area contributed by atoms with E-state index in [1.165, 1.54) is 5.56 Å². The second kappa shape index (κ2) is 5.76. The molecule has 2 aliphatic heterocycles. The van der Waals surface area contributed by atoms with Gasteiger partial charge < -0.3 is 15.5 Å². The van der Waals surface area contributed by atoms with Crippen LogP contribution in [-0.4, -0.2) is 42.9 Å². The van der Waals surface area contributed by atoms with Crippen LogP contribution in [0.3, 0.4) is 0 Å². The normalized spacial score (nSPS) is 20.6. The number of amides is 2. The lowest BCUT2D eigenvalue weighted by Crippen LogP contribution is -2.44. The standard InChI is InChI=1S/C16H21N3O2/c1-17-15(20)14-5-3-9-19(14)16(21)12-6-7-13-11(10-12)4-2-8-18-13/h6-7,10,14,18H,2-5,8-9H2,1H3,(H,17,20). The van der Waals surface area contributed by atoms with Crippen LogP contribution in [0, 0.1) is 0 Å². The number of hydrogen-bond acceptors (Lipinski definition) is 3. The van der Waals surface area contributed by atoms with Gasteiger partial charge in [-0.1, -0.05) is 0 Å². The SMILES string of the molecule is CNC(=O)C1CCCN1C(=O)c1ccc2c(c1)CCCN2. The number of carbonyl (C=O) groups is 2. The van der Waals surface area contributed by atoms with Gasteiger partial charge in [0, 0.05) is 31.4 Å². The minimum atomic E-state index is -0.323. The van der Waals surface area contributed by atoms with E-state index in [0.29, 0.717) is 12.1 Å². The summed E-state index contributed by atoms with van der Waals surface area (Å²) < 4.78 is 0. The number of aryl methyl sites for hydroxylation is 1. The number of nitrogens with one attached hydrogen (secondary N) is 2. The van der Waals surface area contributed by atoms with Crippen LogP contribution in [0.25, 0.3) is 0 Å². The molecule has 1 atom stereocenters. The maximum atomic E-state index is 12.7. The van der Waals surface area contributed by atoms with Gasteiger partial charge in [0.25, 0.3) is 5.91 Å². The molecule has 1 aromatic carbocycles. The van der Waals surface area contributed by atoms with Crippen molar-refractivity contribution in [1.29, 1.82) is 0 Å². The topological polar surface area (TPSA) is 61.4 Å². The van der Waals surface area contributed by atoms with Crippen molar-refractivity contribution >= 4 is 17.5 Å². The van der Waals surface area contributed by atoms with Gasteiger partial charge in [0.15, 0.2) is 0 Å². The minimum Gasteiger partial charge on any atom is -0.385 e. The Kier molecular flexibility index (Phi) is 3.82. The largest absolute Gasteiger partial charge is 0.385 e. The average molecular weight is 287 g/mol. The highest BCUT2D eigenvalue weighted by atomic mass is 16.2. The van der Waals surface area contributed by atoms with Crippen LogP contribution < -0.4 is 10.6 Å². The maximum absolute atomic E-state index is 12.7. The van der Waals surface area contributed by atoms with Gasteiger partial charge in [-0.15, -0.1) is 0 Å². The first-order valence-electron chi connectivity index (χ1n) is 7.60. The predicted molar refractivity (Wildman–Crippen MR) is 81.4 cm³/mol. The Morgan fingerprint density at radius 3 is 3.00 bits per heavy atom. The van der Waals surface area contributed by atoms with Crippen LogP contribution in [0.2, 0.25) is 0 Å². The summed E-state index contributed by atoms with van der Waals surface area (Å²) in [5.41, 5.74) is 3.01. The number of benzene rings is 1. The smallest absolute Gasteiger partial charge is 0.254 e. The van der Waals surface area contributed by atoms with E-state index < -0.39 is 0 Å². The molecule has 2 heterocycles. The summed E-state index contributed by atoms with van der Waals surface area (Å²) in [7, 11) is 1.62. The first kappa shape index (κ1) is 13.9. The first-order valence-corrected chi connectivity index (χ1v) is 7.60. The molecule has 112 valence electrons. The second-order valence-electron chi connectivity index (χ2n) is 5.67. The summed E-state index contributed by atoms with van der Waals surface area (Å²) in [6.07, 6.45) is 3.73. The van der Waals surface area contributed by atoms with Crippen LogP contribution in [0.1, 0.15) is 35.2 Å². The zero-order valence-corrected chi connectivity index (χ0v) is 12.3. The predicted octanol–water partition coefficient (Wildman–Crippen LogP) is 1.40. The third kappa shape index (κ3) is 2.60. The lowest BCUT2D eigenvalue weighted by molar-refractivity contribution is -0.124. The van der Waals surface area contributed by atoms with E-state index in [2.05, 4.69) is 10.6 Å². The van der Waals surface area contributed by atoms with Crippen molar-refractivity contribution < 1.29 is 9.59 Å². The average Bonchev–Trinajstić information content (AvgIpc) is 3.02. The van der Waals surface area contributed by atoms with Crippen LogP contribution in [-0.2, 0) is 11.2 Å². The molecule has 0 radical (unpaired) electrons. The summed E-state index contributed by atoms with van der Waals surface area (Å²) in [5.74, 6) is -0.102. The summed E-state index contributed by atoms with van der Waals surface area (Å²) in [6.45, 7) is 1.65. The number of fused-ring (bicyclic) bond motifs is 1. The van der Waals surface area contributed by atoms with Gasteiger partial charge in [0.2, 0.25) is 5.91 Å². The summed E-state index contributed by atoms with van der Waals surface area (Å²) >= 11 is 0. The summed E-state index contributed by atoms with van der Waals surface area (Å²) in [5, 5.41) is 6.00. The number of rotatable bonds is 2. The fraction of sp³-hybridized carbons (Fsp3) is 0.500. The summed E-state index contributed by atoms with van der Waals surface area (Å²) in [6, 6.07) is 5.49. The lowest BCUT2D eigenvalue weighted by Gasteiger charge is -2.24. The second-order valence-corrected chi connectivity index (χ2v) is 5.67. The fourth-order valence-corrected chi connectivity index (χ4v) is 3.22. The van der Waals surface area contributed by atoms with E-state index in [9.17, 15) is 9.59 Å². The van der Waals surface area contributed by atoms with E-state index >= 15 is 0 Å². The Labute approximate surface area is 124 Å². The Morgan fingerprint density at radius 2 is 2.19 bits per heavy atom. The number of anilines is 1. The number of likely N-dealkylation sites (N-methyl/N-ethyl adjacent to an activating group) is 1. The Bertz CT molecular complexity index is 571. The molecular weight excluding hydrogens is 266 g/mol. The summed E-state index contributed by atoms with van der Waals surface area (Å²) in [4.78, 5) is 26.3. The maximum Gasteiger partial charge on any atom is 0.254 e. The van der Waals surface area contributed by atoms with Gasteiger partial charge in [-0.25, -0.2) is 0 Å². The highest BCUT2D eigenvalue weighted by Crippen LogP contribution is 2.25. The molecule has 0 bridgehead atoms. The van der Waals surface area contributed by atoms with Crippen molar-refractivity contribution in [3.63, 3.8) is 0 Å². The molecule has 5 heteroatoms. The van der Waals surface area contributed by atoms with Gasteiger partial charge in [-0.05, 0) is 49.4 Å². The molecule has 1 aromatic rings. The number of hydrogen-bond donors (Lipinski definition) is 2. The molecule has 0 saturated carbocycles. The number of likely N-dealkylation sites (tertiary alicyclic amines) is 1. The first-order chi connectivity index (χ1) is 10.2. The number of carbonyl (C=O) groups excluding carboxylic acids is 2. The molecule has 5 nitrogen and oxygen atoms in total. The molecular formula is C16H21N3O2. The third-order valence-corrected chi connectivity index (χ3v) is 4.35. The molecule has 2 aliphatic rings. The van der Waals surface area contributed by atoms with E-state index in [0.717, 1.165) is 37.9 Å². The molecule has 0 aromatic heterocycles. The molecule has 1 fully saturated rings. The number of nitrogens with zero attached hydrogens (tertiary/aromatic N) is 1. The van der Waals surface area contributed by atoms with Gasteiger partial charge in [-0.2, -0.15) is 0 Å². The van der Waals surface area contributed by atoms with Crippen molar-refractivity contribution in [2.45, 2.75) is 31.7 Å². The van der Waals surface area contributed by atoms with Gasteiger partial charge >= 0.3 is 0 Å². The van der Waals surface area contributed by atoms with E-state index in [-0.39, 0.29) is 17.9 Å². The van der Waals surface area contributed by atoms with Gasteiger partial charge in [0.1, 0.15) is 6.04 Å². The van der Waals surface area contributed by atoms with Crippen molar-refractivity contribution in [3.8, 4) is 0 Å². The van der Waals surface area contributed by atoms with Gasteiger partial charge in [0.05, 0.1) is 0 Å². The van der Waals surface area contributed by atoms with Crippen LogP contribution in [0.5, 0.6) is 0 Å². The van der Waals surface area contributed by atoms with E-state index in [1.54, 1.807) is 11.9 Å². The Balaban J connectivity index is 1.83. The Morgan fingerprint density at radius 1 is 1.33 bits per heavy atom. The third-order valence-electron chi connectivity index (χ3n) is 4.35. The molecule has 2 amide bonds. The van der Waals surface area contributed by atoms with Gasteiger partial charge in [-0.3, -0.25) is 9.59 Å². The Hall–Kier alpha value is -2.04. The minimum absolute atomic E-state index is 0.0329. The fourth-order valence-electron chi connectivity index (χ4n) is 3.22. The highest BCUT2D eigenvalue weighted by Gasteiger charge is 2.34. The van der Waals surface area contributed by atoms with Crippen molar-refractivity contribution in [1.82, 2.24) is 10.2 Å². The van der Waals surface area contributed by atoms with E-state index in [4.69, 9.17) is 0 Å². The zero-order chi connectivity index (χ0) is 14.8. The lowest BCUT2D eigenvalue weighted by atomic mass is 10.00. The quantitative estimate of drug-likeness (QED) is 0.864. The monoisotopic (exact) mass is 287 g/mol. The highest BCUT2D eigenvalue weighted by molar-refractivity contribution is 5.98. The van der Waals surface area contributed by atoms with E-state index in [1.807, 2.05) is 18.2 Å². The molecule has 1 saturated heterocycles. The molecule has 1 unspecified atom stereocenters.